The van der Waals surface area contributed by atoms with Crippen molar-refractivity contribution in [1.29, 1.82) is 0 Å². The van der Waals surface area contributed by atoms with Crippen LogP contribution in [0.5, 0.6) is 0 Å². The van der Waals surface area contributed by atoms with E-state index in [-0.39, 0.29) is 6.04 Å². The third-order valence-corrected chi connectivity index (χ3v) is 4.40. The van der Waals surface area contributed by atoms with Gasteiger partial charge in [-0.25, -0.2) is 0 Å². The highest BCUT2D eigenvalue weighted by molar-refractivity contribution is 5.27. The molecular formula is C17H24F3N. The highest BCUT2D eigenvalue weighted by atomic mass is 19.4. The van der Waals surface area contributed by atoms with E-state index < -0.39 is 11.7 Å². The van der Waals surface area contributed by atoms with Crippen molar-refractivity contribution < 1.29 is 13.2 Å². The summed E-state index contributed by atoms with van der Waals surface area (Å²) in [5, 5.41) is 3.50. The van der Waals surface area contributed by atoms with E-state index in [0.717, 1.165) is 18.9 Å². The summed E-state index contributed by atoms with van der Waals surface area (Å²) < 4.78 is 38.3. The fraction of sp³-hybridized carbons (Fsp3) is 0.647. The van der Waals surface area contributed by atoms with E-state index in [1.807, 2.05) is 6.92 Å². The van der Waals surface area contributed by atoms with Crippen molar-refractivity contribution in [2.24, 2.45) is 5.41 Å². The van der Waals surface area contributed by atoms with Gasteiger partial charge in [0, 0.05) is 12.1 Å². The highest BCUT2D eigenvalue weighted by Gasteiger charge is 2.31. The van der Waals surface area contributed by atoms with Gasteiger partial charge in [-0.15, -0.1) is 0 Å². The zero-order chi connectivity index (χ0) is 15.7. The molecule has 1 N–H and O–H groups in total. The minimum atomic E-state index is -4.28. The summed E-state index contributed by atoms with van der Waals surface area (Å²) in [6.07, 6.45) is 0.314. The molecule has 0 aliphatic heterocycles. The molecule has 118 valence electrons. The van der Waals surface area contributed by atoms with Crippen molar-refractivity contribution in [2.75, 3.05) is 0 Å². The van der Waals surface area contributed by atoms with Crippen molar-refractivity contribution in [3.8, 4) is 0 Å². The topological polar surface area (TPSA) is 12.0 Å². The smallest absolute Gasteiger partial charge is 0.307 e. The Morgan fingerprint density at radius 2 is 2.00 bits per heavy atom. The van der Waals surface area contributed by atoms with Gasteiger partial charge in [0.25, 0.3) is 0 Å². The van der Waals surface area contributed by atoms with Gasteiger partial charge in [-0.3, -0.25) is 0 Å². The number of hydrogen-bond acceptors (Lipinski definition) is 1. The van der Waals surface area contributed by atoms with Crippen molar-refractivity contribution in [3.63, 3.8) is 0 Å². The first-order valence-corrected chi connectivity index (χ1v) is 7.61. The van der Waals surface area contributed by atoms with Gasteiger partial charge in [0.1, 0.15) is 0 Å². The van der Waals surface area contributed by atoms with Gasteiger partial charge in [-0.05, 0) is 49.3 Å². The minimum Gasteiger partial charge on any atom is -0.307 e. The Morgan fingerprint density at radius 3 is 2.62 bits per heavy atom. The zero-order valence-corrected chi connectivity index (χ0v) is 12.9. The number of halogens is 3. The summed E-state index contributed by atoms with van der Waals surface area (Å²) in [7, 11) is 0. The van der Waals surface area contributed by atoms with Gasteiger partial charge in [0.05, 0.1) is 5.56 Å². The van der Waals surface area contributed by atoms with Gasteiger partial charge < -0.3 is 5.32 Å². The van der Waals surface area contributed by atoms with Crippen molar-refractivity contribution in [3.05, 3.63) is 35.4 Å². The normalized spacial score (nSPS) is 23.8. The maximum absolute atomic E-state index is 12.8. The summed E-state index contributed by atoms with van der Waals surface area (Å²) >= 11 is 0. The molecule has 1 aliphatic rings. The molecule has 21 heavy (non-hydrogen) atoms. The zero-order valence-electron chi connectivity index (χ0n) is 12.9. The van der Waals surface area contributed by atoms with E-state index in [1.54, 1.807) is 6.07 Å². The van der Waals surface area contributed by atoms with Gasteiger partial charge >= 0.3 is 6.18 Å². The molecule has 1 aromatic carbocycles. The average molecular weight is 299 g/mol. The van der Waals surface area contributed by atoms with E-state index in [2.05, 4.69) is 19.2 Å². The molecule has 1 fully saturated rings. The molecule has 4 heteroatoms. The molecule has 1 aliphatic carbocycles. The maximum Gasteiger partial charge on any atom is 0.416 e. The third-order valence-electron chi connectivity index (χ3n) is 4.40. The summed E-state index contributed by atoms with van der Waals surface area (Å²) in [5.41, 5.74) is 0.453. The Bertz CT molecular complexity index is 479. The molecule has 0 bridgehead atoms. The fourth-order valence-corrected chi connectivity index (χ4v) is 3.27. The minimum absolute atomic E-state index is 0.0637. The van der Waals surface area contributed by atoms with Crippen molar-refractivity contribution in [1.82, 2.24) is 5.32 Å². The van der Waals surface area contributed by atoms with Gasteiger partial charge in [0.2, 0.25) is 0 Å². The van der Waals surface area contributed by atoms with Crippen LogP contribution in [0.1, 0.15) is 63.6 Å². The van der Waals surface area contributed by atoms with Crippen LogP contribution in [0, 0.1) is 5.41 Å². The lowest BCUT2D eigenvalue weighted by Crippen LogP contribution is -2.38. The molecule has 2 atom stereocenters. The Kier molecular flexibility index (Phi) is 4.66. The van der Waals surface area contributed by atoms with E-state index in [1.165, 1.54) is 25.0 Å². The van der Waals surface area contributed by atoms with Gasteiger partial charge in [-0.2, -0.15) is 13.2 Å². The van der Waals surface area contributed by atoms with Crippen LogP contribution in [-0.4, -0.2) is 6.04 Å². The Morgan fingerprint density at radius 1 is 1.29 bits per heavy atom. The van der Waals surface area contributed by atoms with E-state index in [0.29, 0.717) is 17.0 Å². The first-order chi connectivity index (χ1) is 9.67. The van der Waals surface area contributed by atoms with E-state index >= 15 is 0 Å². The summed E-state index contributed by atoms with van der Waals surface area (Å²) in [4.78, 5) is 0. The van der Waals surface area contributed by atoms with Gasteiger partial charge in [-0.1, -0.05) is 32.4 Å². The Balaban J connectivity index is 2.05. The number of hydrogen-bond donors (Lipinski definition) is 1. The summed E-state index contributed by atoms with van der Waals surface area (Å²) in [5.74, 6) is 0. The predicted octanol–water partition coefficient (Wildman–Crippen LogP) is 5.32. The van der Waals surface area contributed by atoms with Crippen molar-refractivity contribution >= 4 is 0 Å². The third kappa shape index (κ3) is 4.47. The van der Waals surface area contributed by atoms with Crippen molar-refractivity contribution in [2.45, 2.75) is 64.7 Å². The SMILES string of the molecule is CC(NC1CCCC(C)(C)C1)c1cccc(C(F)(F)F)c1. The second kappa shape index (κ2) is 5.99. The first kappa shape index (κ1) is 16.3. The summed E-state index contributed by atoms with van der Waals surface area (Å²) in [6.45, 7) is 6.46. The molecule has 2 rings (SSSR count). The lowest BCUT2D eigenvalue weighted by atomic mass is 9.75. The fourth-order valence-electron chi connectivity index (χ4n) is 3.27. The van der Waals surface area contributed by atoms with Crippen LogP contribution in [0.15, 0.2) is 24.3 Å². The molecule has 1 nitrogen and oxygen atoms in total. The van der Waals surface area contributed by atoms with E-state index in [9.17, 15) is 13.2 Å². The number of nitrogens with one attached hydrogen (secondary N) is 1. The monoisotopic (exact) mass is 299 g/mol. The molecule has 2 unspecified atom stereocenters. The van der Waals surface area contributed by atoms with E-state index in [4.69, 9.17) is 0 Å². The molecule has 0 spiro atoms. The Hall–Kier alpha value is -1.03. The lowest BCUT2D eigenvalue weighted by molar-refractivity contribution is -0.137. The standard InChI is InChI=1S/C17H24F3N/c1-12(21-15-8-5-9-16(2,3)11-15)13-6-4-7-14(10-13)17(18,19)20/h4,6-7,10,12,15,21H,5,8-9,11H2,1-3H3. The van der Waals surface area contributed by atoms with Gasteiger partial charge in [0.15, 0.2) is 0 Å². The van der Waals surface area contributed by atoms with Crippen LogP contribution in [0.3, 0.4) is 0 Å². The molecule has 1 aromatic rings. The predicted molar refractivity (Wildman–Crippen MR) is 79.0 cm³/mol. The number of rotatable bonds is 3. The molecule has 0 aromatic heterocycles. The lowest BCUT2D eigenvalue weighted by Gasteiger charge is -2.37. The molecule has 0 amide bonds. The summed E-state index contributed by atoms with van der Waals surface area (Å²) in [6, 6.07) is 5.96. The first-order valence-electron chi connectivity index (χ1n) is 7.61. The second-order valence-electron chi connectivity index (χ2n) is 6.97. The molecule has 0 saturated heterocycles. The quantitative estimate of drug-likeness (QED) is 0.796. The Labute approximate surface area is 124 Å². The van der Waals surface area contributed by atoms with Crippen LogP contribution in [-0.2, 0) is 6.18 Å². The second-order valence-corrected chi connectivity index (χ2v) is 6.97. The van der Waals surface area contributed by atoms with Crippen LogP contribution in [0.2, 0.25) is 0 Å². The van der Waals surface area contributed by atoms with Crippen LogP contribution < -0.4 is 5.32 Å². The average Bonchev–Trinajstić information content (AvgIpc) is 2.36. The van der Waals surface area contributed by atoms with Crippen LogP contribution in [0.4, 0.5) is 13.2 Å². The van der Waals surface area contributed by atoms with Crippen LogP contribution in [0.25, 0.3) is 0 Å². The highest BCUT2D eigenvalue weighted by Crippen LogP contribution is 2.36. The molecule has 0 radical (unpaired) electrons. The maximum atomic E-state index is 12.8. The largest absolute Gasteiger partial charge is 0.416 e. The number of benzene rings is 1. The molecular weight excluding hydrogens is 275 g/mol. The number of alkyl halides is 3. The molecule has 0 heterocycles. The molecule has 1 saturated carbocycles. The van der Waals surface area contributed by atoms with Crippen LogP contribution >= 0.6 is 0 Å².